The maximum atomic E-state index is 12.7. The van der Waals surface area contributed by atoms with Gasteiger partial charge in [0, 0.05) is 26.1 Å². The molecule has 5 heterocycles. The first-order chi connectivity index (χ1) is 15.1. The van der Waals surface area contributed by atoms with E-state index >= 15 is 0 Å². The molecule has 0 amide bonds. The maximum absolute atomic E-state index is 12.7. The zero-order valence-electron chi connectivity index (χ0n) is 16.7. The van der Waals surface area contributed by atoms with Gasteiger partial charge >= 0.3 is 0 Å². The van der Waals surface area contributed by atoms with Gasteiger partial charge in [-0.3, -0.25) is 9.36 Å². The number of terminal acetylenes is 1. The molecule has 0 N–H and O–H groups in total. The molecule has 1 unspecified atom stereocenters. The molecule has 2 fully saturated rings. The first kappa shape index (κ1) is 17.8. The summed E-state index contributed by atoms with van der Waals surface area (Å²) >= 11 is 0. The van der Waals surface area contributed by atoms with Crippen molar-refractivity contribution in [3.8, 4) is 12.3 Å². The third-order valence-corrected chi connectivity index (χ3v) is 6.19. The van der Waals surface area contributed by atoms with Crippen LogP contribution in [0, 0.1) is 24.2 Å². The Morgan fingerprint density at radius 3 is 2.81 bits per heavy atom. The number of nitrogens with zero attached hydrogens (tertiary/aromatic N) is 8. The van der Waals surface area contributed by atoms with E-state index in [0.29, 0.717) is 40.4 Å². The Morgan fingerprint density at radius 2 is 2.00 bits per heavy atom. The van der Waals surface area contributed by atoms with Crippen LogP contribution in [0.2, 0.25) is 0 Å². The molecule has 10 heteroatoms. The van der Waals surface area contributed by atoms with E-state index in [-0.39, 0.29) is 18.0 Å². The van der Waals surface area contributed by atoms with Crippen molar-refractivity contribution in [3.63, 3.8) is 0 Å². The van der Waals surface area contributed by atoms with Gasteiger partial charge < -0.3 is 14.0 Å². The van der Waals surface area contributed by atoms with E-state index in [9.17, 15) is 4.79 Å². The number of anilines is 1. The van der Waals surface area contributed by atoms with Crippen molar-refractivity contribution in [2.45, 2.75) is 12.5 Å². The Balaban J connectivity index is 1.16. The summed E-state index contributed by atoms with van der Waals surface area (Å²) in [4.78, 5) is 32.3. The molecule has 0 aromatic carbocycles. The monoisotopic (exact) mass is 414 g/mol. The van der Waals surface area contributed by atoms with E-state index in [2.05, 4.69) is 35.9 Å². The van der Waals surface area contributed by atoms with Gasteiger partial charge in [0.2, 0.25) is 5.89 Å². The highest BCUT2D eigenvalue weighted by atomic mass is 16.5. The highest BCUT2D eigenvalue weighted by Crippen LogP contribution is 2.57. The highest BCUT2D eigenvalue weighted by molar-refractivity contribution is 5.68. The van der Waals surface area contributed by atoms with Gasteiger partial charge in [0.15, 0.2) is 17.0 Å². The van der Waals surface area contributed by atoms with Crippen molar-refractivity contribution in [3.05, 3.63) is 58.6 Å². The van der Waals surface area contributed by atoms with E-state index in [0.717, 1.165) is 18.9 Å². The van der Waals surface area contributed by atoms with Gasteiger partial charge in [0.05, 0.1) is 6.33 Å². The van der Waals surface area contributed by atoms with Crippen LogP contribution in [0.1, 0.15) is 23.3 Å². The second-order valence-corrected chi connectivity index (χ2v) is 8.04. The number of hydrogen-bond donors (Lipinski definition) is 0. The number of aromatic nitrogens is 7. The number of hydrogen-bond acceptors (Lipinski definition) is 8. The fraction of sp³-hybridized carbons (Fsp3) is 0.333. The molecule has 2 aliphatic rings. The molecule has 1 saturated carbocycles. The van der Waals surface area contributed by atoms with Gasteiger partial charge in [-0.15, -0.1) is 6.42 Å². The van der Waals surface area contributed by atoms with Crippen LogP contribution >= 0.6 is 0 Å². The molecule has 1 saturated heterocycles. The average Bonchev–Trinajstić information content (AvgIpc) is 3.21. The highest BCUT2D eigenvalue weighted by Gasteiger charge is 2.58. The molecule has 154 valence electrons. The number of fused-ring (bicyclic) bond motifs is 2. The Hall–Kier alpha value is -4.00. The second kappa shape index (κ2) is 6.50. The molecule has 4 aromatic rings. The predicted molar refractivity (Wildman–Crippen MR) is 110 cm³/mol. The largest absolute Gasteiger partial charge is 0.356 e. The Kier molecular flexibility index (Phi) is 3.74. The summed E-state index contributed by atoms with van der Waals surface area (Å²) in [5.41, 5.74) is 1.33. The Morgan fingerprint density at radius 1 is 1.19 bits per heavy atom. The van der Waals surface area contributed by atoms with Crippen LogP contribution in [-0.4, -0.2) is 47.3 Å². The van der Waals surface area contributed by atoms with Crippen molar-refractivity contribution in [1.29, 1.82) is 0 Å². The summed E-state index contributed by atoms with van der Waals surface area (Å²) in [6.45, 7) is 1.96. The molecule has 31 heavy (non-hydrogen) atoms. The second-order valence-electron chi connectivity index (χ2n) is 8.04. The zero-order valence-corrected chi connectivity index (χ0v) is 16.7. The van der Waals surface area contributed by atoms with Gasteiger partial charge in [-0.05, 0) is 24.0 Å². The van der Waals surface area contributed by atoms with Crippen molar-refractivity contribution in [2.75, 3.05) is 18.0 Å². The van der Waals surface area contributed by atoms with Gasteiger partial charge in [-0.2, -0.15) is 4.98 Å². The van der Waals surface area contributed by atoms with E-state index in [1.807, 2.05) is 18.2 Å². The van der Waals surface area contributed by atoms with Gasteiger partial charge in [0.1, 0.15) is 24.4 Å². The Labute approximate surface area is 176 Å². The molecule has 6 rings (SSSR count). The van der Waals surface area contributed by atoms with Gasteiger partial charge in [0.25, 0.3) is 5.56 Å². The van der Waals surface area contributed by atoms with E-state index in [4.69, 9.17) is 10.9 Å². The van der Waals surface area contributed by atoms with Crippen LogP contribution in [-0.2, 0) is 13.6 Å². The lowest BCUT2D eigenvalue weighted by molar-refractivity contribution is 0.363. The quantitative estimate of drug-likeness (QED) is 0.451. The summed E-state index contributed by atoms with van der Waals surface area (Å²) in [6.07, 6.45) is 8.49. The molecule has 4 aromatic heterocycles. The minimum Gasteiger partial charge on any atom is -0.356 e. The van der Waals surface area contributed by atoms with Crippen LogP contribution in [0.4, 0.5) is 5.82 Å². The normalized spacial score (nSPS) is 21.9. The summed E-state index contributed by atoms with van der Waals surface area (Å²) in [7, 11) is 1.76. The van der Waals surface area contributed by atoms with Crippen LogP contribution in [0.3, 0.4) is 0 Å². The van der Waals surface area contributed by atoms with Gasteiger partial charge in [-0.1, -0.05) is 17.1 Å². The number of aryl methyl sites for hydroxylation is 1. The molecule has 10 nitrogen and oxygen atoms in total. The first-order valence-corrected chi connectivity index (χ1v) is 10.00. The smallest absolute Gasteiger partial charge is 0.280 e. The Bertz CT molecular complexity index is 1400. The van der Waals surface area contributed by atoms with Crippen molar-refractivity contribution in [2.24, 2.45) is 18.9 Å². The number of pyridine rings is 1. The van der Waals surface area contributed by atoms with Crippen LogP contribution < -0.4 is 10.5 Å². The topological polar surface area (TPSA) is 108 Å². The van der Waals surface area contributed by atoms with E-state index in [1.54, 1.807) is 17.9 Å². The lowest BCUT2D eigenvalue weighted by Crippen LogP contribution is -2.25. The summed E-state index contributed by atoms with van der Waals surface area (Å²) < 4.78 is 8.55. The molecular formula is C21H18N8O2. The maximum Gasteiger partial charge on any atom is 0.280 e. The van der Waals surface area contributed by atoms with Crippen molar-refractivity contribution >= 4 is 17.0 Å². The average molecular weight is 414 g/mol. The van der Waals surface area contributed by atoms with E-state index in [1.165, 1.54) is 10.9 Å². The third kappa shape index (κ3) is 2.81. The minimum atomic E-state index is -0.189. The molecule has 0 bridgehead atoms. The molecule has 1 aliphatic carbocycles. The van der Waals surface area contributed by atoms with E-state index < -0.39 is 0 Å². The third-order valence-electron chi connectivity index (χ3n) is 6.19. The zero-order chi connectivity index (χ0) is 21.1. The number of rotatable bonds is 4. The van der Waals surface area contributed by atoms with Crippen molar-refractivity contribution < 1.29 is 4.52 Å². The summed E-state index contributed by atoms with van der Waals surface area (Å²) in [5, 5.41) is 4.18. The molecular weight excluding hydrogens is 396 g/mol. The fourth-order valence-electron chi connectivity index (χ4n) is 4.57. The van der Waals surface area contributed by atoms with Crippen LogP contribution in [0.15, 0.2) is 40.2 Å². The van der Waals surface area contributed by atoms with Gasteiger partial charge in [-0.25, -0.2) is 15.0 Å². The van der Waals surface area contributed by atoms with Crippen molar-refractivity contribution in [1.82, 2.24) is 34.2 Å². The lowest BCUT2D eigenvalue weighted by atomic mass is 10.2. The summed E-state index contributed by atoms with van der Waals surface area (Å²) in [6, 6.07) is 5.75. The number of piperidine rings is 1. The summed E-state index contributed by atoms with van der Waals surface area (Å²) in [5.74, 6) is 5.81. The number of imidazole rings is 1. The molecule has 3 atom stereocenters. The standard InChI is InChI=1S/C21H18N8O2/c1-3-12-5-4-6-15(24-12)28-7-13-14(8-28)17(13)19-25-16(31-26-19)9-29-11-23-20-18(21(29)30)27(2)10-22-20/h1,4-6,10-11,13-14,17H,7-9H2,2H3/t13-,14+,17?. The fourth-order valence-corrected chi connectivity index (χ4v) is 4.57. The lowest BCUT2D eigenvalue weighted by Gasteiger charge is -2.20. The first-order valence-electron chi connectivity index (χ1n) is 10.00. The minimum absolute atomic E-state index is 0.178. The molecule has 0 spiro atoms. The molecule has 1 aliphatic heterocycles. The van der Waals surface area contributed by atoms with Crippen LogP contribution in [0.5, 0.6) is 0 Å². The predicted octanol–water partition coefficient (Wildman–Crippen LogP) is 0.787. The SMILES string of the molecule is C#Cc1cccc(N2C[C@@H]3C(c4noc(Cn5cnc6ncn(C)c6c5=O)n4)[C@@H]3C2)n1. The molecule has 0 radical (unpaired) electrons. The van der Waals surface area contributed by atoms with Crippen LogP contribution in [0.25, 0.3) is 11.2 Å².